The van der Waals surface area contributed by atoms with Gasteiger partial charge in [-0.05, 0) is 30.2 Å². The Hall–Kier alpha value is -1.71. The molecule has 2 aromatic carbocycles. The molecular weight excluding hydrogens is 240 g/mol. The third-order valence-corrected chi connectivity index (χ3v) is 4.10. The van der Waals surface area contributed by atoms with Crippen molar-refractivity contribution in [3.63, 3.8) is 0 Å². The van der Waals surface area contributed by atoms with Gasteiger partial charge in [0.25, 0.3) is 0 Å². The maximum Gasteiger partial charge on any atom is 0.115 e. The zero-order chi connectivity index (χ0) is 12.5. The lowest BCUT2D eigenvalue weighted by molar-refractivity contribution is 0.862. The number of aromatic nitrogens is 1. The van der Waals surface area contributed by atoms with Crippen molar-refractivity contribution >= 4 is 21.6 Å². The summed E-state index contributed by atoms with van der Waals surface area (Å²) in [6, 6.07) is 16.3. The highest BCUT2D eigenvalue weighted by Crippen LogP contribution is 2.29. The normalized spacial score (nSPS) is 12.8. The first-order chi connectivity index (χ1) is 8.74. The maximum atomic E-state index is 6.27. The van der Waals surface area contributed by atoms with E-state index in [1.807, 2.05) is 30.3 Å². The molecular formula is C15H14N2S. The summed E-state index contributed by atoms with van der Waals surface area (Å²) >= 11 is 1.67. The molecule has 1 atom stereocenters. The van der Waals surface area contributed by atoms with Gasteiger partial charge in [0.2, 0.25) is 0 Å². The van der Waals surface area contributed by atoms with Gasteiger partial charge in [-0.25, -0.2) is 4.98 Å². The van der Waals surface area contributed by atoms with Crippen LogP contribution in [0.2, 0.25) is 0 Å². The summed E-state index contributed by atoms with van der Waals surface area (Å²) in [5, 5.41) is 0.974. The first kappa shape index (κ1) is 11.4. The number of nitrogens with two attached hydrogens (primary N) is 1. The van der Waals surface area contributed by atoms with Crippen LogP contribution >= 0.6 is 11.3 Å². The number of aryl methyl sites for hydroxylation is 1. The van der Waals surface area contributed by atoms with Crippen LogP contribution in [0.3, 0.4) is 0 Å². The minimum absolute atomic E-state index is 0.135. The van der Waals surface area contributed by atoms with Crippen molar-refractivity contribution in [2.24, 2.45) is 5.73 Å². The smallest absolute Gasteiger partial charge is 0.115 e. The van der Waals surface area contributed by atoms with E-state index in [9.17, 15) is 0 Å². The topological polar surface area (TPSA) is 38.9 Å². The molecule has 0 bridgehead atoms. The van der Waals surface area contributed by atoms with Gasteiger partial charge in [0.1, 0.15) is 5.01 Å². The van der Waals surface area contributed by atoms with Crippen LogP contribution < -0.4 is 5.73 Å². The second kappa shape index (κ2) is 4.52. The Bertz CT molecular complexity index is 673. The molecule has 0 saturated carbocycles. The molecule has 1 unspecified atom stereocenters. The van der Waals surface area contributed by atoms with Gasteiger partial charge >= 0.3 is 0 Å². The highest BCUT2D eigenvalue weighted by Gasteiger charge is 2.13. The van der Waals surface area contributed by atoms with Crippen LogP contribution in [0.15, 0.2) is 48.5 Å². The van der Waals surface area contributed by atoms with Crippen LogP contribution in [-0.4, -0.2) is 4.98 Å². The number of rotatable bonds is 2. The average molecular weight is 254 g/mol. The van der Waals surface area contributed by atoms with E-state index < -0.39 is 0 Å². The standard InChI is InChI=1S/C15H14N2S/c1-10-7-8-13-12(9-10)17-15(18-13)14(16)11-5-3-2-4-6-11/h2-9,14H,16H2,1H3. The van der Waals surface area contributed by atoms with Gasteiger partial charge in [0.15, 0.2) is 0 Å². The summed E-state index contributed by atoms with van der Waals surface area (Å²) in [6.45, 7) is 2.08. The van der Waals surface area contributed by atoms with Crippen molar-refractivity contribution in [1.29, 1.82) is 0 Å². The molecule has 0 amide bonds. The van der Waals surface area contributed by atoms with Gasteiger partial charge in [-0.3, -0.25) is 0 Å². The van der Waals surface area contributed by atoms with E-state index in [0.717, 1.165) is 16.1 Å². The van der Waals surface area contributed by atoms with E-state index in [-0.39, 0.29) is 6.04 Å². The van der Waals surface area contributed by atoms with Crippen molar-refractivity contribution in [3.05, 3.63) is 64.7 Å². The Morgan fingerprint density at radius 1 is 1.11 bits per heavy atom. The predicted octanol–water partition coefficient (Wildman–Crippen LogP) is 3.65. The van der Waals surface area contributed by atoms with Gasteiger partial charge < -0.3 is 5.73 Å². The molecule has 18 heavy (non-hydrogen) atoms. The monoisotopic (exact) mass is 254 g/mol. The number of fused-ring (bicyclic) bond motifs is 1. The Balaban J connectivity index is 2.04. The zero-order valence-corrected chi connectivity index (χ0v) is 10.9. The molecule has 0 aliphatic heterocycles. The van der Waals surface area contributed by atoms with Crippen LogP contribution in [0.4, 0.5) is 0 Å². The average Bonchev–Trinajstić information content (AvgIpc) is 2.81. The molecule has 2 nitrogen and oxygen atoms in total. The number of nitrogens with zero attached hydrogens (tertiary/aromatic N) is 1. The van der Waals surface area contributed by atoms with E-state index in [1.165, 1.54) is 10.3 Å². The maximum absolute atomic E-state index is 6.27. The lowest BCUT2D eigenvalue weighted by Gasteiger charge is -2.07. The number of benzene rings is 2. The molecule has 0 radical (unpaired) electrons. The molecule has 1 heterocycles. The summed E-state index contributed by atoms with van der Waals surface area (Å²) in [5.41, 5.74) is 9.64. The predicted molar refractivity (Wildman–Crippen MR) is 76.8 cm³/mol. The Kier molecular flexibility index (Phi) is 2.86. The van der Waals surface area contributed by atoms with Crippen molar-refractivity contribution in [2.45, 2.75) is 13.0 Å². The largest absolute Gasteiger partial charge is 0.318 e. The summed E-state index contributed by atoms with van der Waals surface area (Å²) in [6.07, 6.45) is 0. The fraction of sp³-hybridized carbons (Fsp3) is 0.133. The second-order valence-corrected chi connectivity index (χ2v) is 5.47. The fourth-order valence-electron chi connectivity index (χ4n) is 1.99. The molecule has 0 aliphatic rings. The molecule has 0 saturated heterocycles. The molecule has 0 aliphatic carbocycles. The SMILES string of the molecule is Cc1ccc2sc(C(N)c3ccccc3)nc2c1. The summed E-state index contributed by atoms with van der Waals surface area (Å²) in [7, 11) is 0. The Morgan fingerprint density at radius 2 is 1.89 bits per heavy atom. The van der Waals surface area contributed by atoms with Crippen molar-refractivity contribution < 1.29 is 0 Å². The van der Waals surface area contributed by atoms with E-state index >= 15 is 0 Å². The minimum Gasteiger partial charge on any atom is -0.318 e. The van der Waals surface area contributed by atoms with E-state index in [0.29, 0.717) is 0 Å². The third kappa shape index (κ3) is 2.03. The van der Waals surface area contributed by atoms with Gasteiger partial charge in [-0.1, -0.05) is 36.4 Å². The van der Waals surface area contributed by atoms with Crippen LogP contribution in [0, 0.1) is 6.92 Å². The lowest BCUT2D eigenvalue weighted by atomic mass is 10.1. The number of thiazole rings is 1. The van der Waals surface area contributed by atoms with Gasteiger partial charge in [0, 0.05) is 0 Å². The van der Waals surface area contributed by atoms with E-state index in [4.69, 9.17) is 5.73 Å². The second-order valence-electron chi connectivity index (χ2n) is 4.41. The first-order valence-electron chi connectivity index (χ1n) is 5.91. The minimum atomic E-state index is -0.135. The zero-order valence-electron chi connectivity index (χ0n) is 10.1. The van der Waals surface area contributed by atoms with Gasteiger partial charge in [-0.15, -0.1) is 11.3 Å². The molecule has 90 valence electrons. The highest BCUT2D eigenvalue weighted by atomic mass is 32.1. The molecule has 0 fully saturated rings. The molecule has 3 rings (SSSR count). The van der Waals surface area contributed by atoms with Crippen LogP contribution in [0.1, 0.15) is 22.2 Å². The lowest BCUT2D eigenvalue weighted by Crippen LogP contribution is -2.10. The van der Waals surface area contributed by atoms with Crippen molar-refractivity contribution in [3.8, 4) is 0 Å². The van der Waals surface area contributed by atoms with Gasteiger partial charge in [0.05, 0.1) is 16.3 Å². The Labute approximate surface area is 110 Å². The number of hydrogen-bond acceptors (Lipinski definition) is 3. The fourth-order valence-corrected chi connectivity index (χ4v) is 2.97. The molecule has 0 spiro atoms. The first-order valence-corrected chi connectivity index (χ1v) is 6.73. The Morgan fingerprint density at radius 3 is 2.67 bits per heavy atom. The van der Waals surface area contributed by atoms with Crippen molar-refractivity contribution in [1.82, 2.24) is 4.98 Å². The molecule has 3 aromatic rings. The van der Waals surface area contributed by atoms with Crippen LogP contribution in [0.25, 0.3) is 10.2 Å². The summed E-state index contributed by atoms with van der Waals surface area (Å²) in [5.74, 6) is 0. The summed E-state index contributed by atoms with van der Waals surface area (Å²) in [4.78, 5) is 4.64. The molecule has 3 heteroatoms. The number of hydrogen-bond donors (Lipinski definition) is 1. The third-order valence-electron chi connectivity index (χ3n) is 2.98. The van der Waals surface area contributed by atoms with E-state index in [1.54, 1.807) is 11.3 Å². The van der Waals surface area contributed by atoms with Crippen LogP contribution in [0.5, 0.6) is 0 Å². The summed E-state index contributed by atoms with van der Waals surface area (Å²) < 4.78 is 1.20. The van der Waals surface area contributed by atoms with Crippen LogP contribution in [-0.2, 0) is 0 Å². The van der Waals surface area contributed by atoms with Crippen molar-refractivity contribution in [2.75, 3.05) is 0 Å². The van der Waals surface area contributed by atoms with E-state index in [2.05, 4.69) is 30.1 Å². The quantitative estimate of drug-likeness (QED) is 0.758. The molecule has 2 N–H and O–H groups in total. The van der Waals surface area contributed by atoms with Gasteiger partial charge in [-0.2, -0.15) is 0 Å². The highest BCUT2D eigenvalue weighted by molar-refractivity contribution is 7.18. The molecule has 1 aromatic heterocycles.